The van der Waals surface area contributed by atoms with Crippen molar-refractivity contribution < 1.29 is 4.79 Å². The number of hydrogen-bond acceptors (Lipinski definition) is 3. The number of carbonyl (C=O) groups is 1. The number of carbonyl (C=O) groups excluding carboxylic acids is 1. The first-order chi connectivity index (χ1) is 12.4. The molecule has 140 valence electrons. The number of nitrogens with one attached hydrogen (secondary N) is 2. The van der Waals surface area contributed by atoms with Crippen LogP contribution < -0.4 is 15.5 Å². The topological polar surface area (TPSA) is 47.6 Å². The normalized spacial score (nSPS) is 11.9. The van der Waals surface area contributed by atoms with E-state index in [9.17, 15) is 4.79 Å². The molecule has 0 bridgehead atoms. The summed E-state index contributed by atoms with van der Waals surface area (Å²) in [4.78, 5) is 16.3. The molecule has 0 aliphatic carbocycles. The third-order valence-corrected chi connectivity index (χ3v) is 4.49. The van der Waals surface area contributed by atoms with Crippen molar-refractivity contribution in [3.8, 4) is 0 Å². The van der Waals surface area contributed by atoms with Gasteiger partial charge in [-0.1, -0.05) is 35.9 Å². The predicted molar refractivity (Wildman–Crippen MR) is 109 cm³/mol. The molecule has 0 aromatic heterocycles. The second-order valence-electron chi connectivity index (χ2n) is 6.66. The van der Waals surface area contributed by atoms with E-state index >= 15 is 0 Å². The number of halogens is 1. The van der Waals surface area contributed by atoms with Crippen LogP contribution in [0.25, 0.3) is 0 Å². The molecule has 26 heavy (non-hydrogen) atoms. The molecule has 2 amide bonds. The Morgan fingerprint density at radius 2 is 1.58 bits per heavy atom. The van der Waals surface area contributed by atoms with Crippen molar-refractivity contribution in [3.63, 3.8) is 0 Å². The monoisotopic (exact) mass is 374 g/mol. The van der Waals surface area contributed by atoms with Gasteiger partial charge in [0, 0.05) is 37.9 Å². The van der Waals surface area contributed by atoms with Crippen molar-refractivity contribution in [2.45, 2.75) is 12.6 Å². The van der Waals surface area contributed by atoms with Gasteiger partial charge in [0.25, 0.3) is 0 Å². The third-order valence-electron chi connectivity index (χ3n) is 4.24. The van der Waals surface area contributed by atoms with Crippen molar-refractivity contribution in [3.05, 3.63) is 64.7 Å². The summed E-state index contributed by atoms with van der Waals surface area (Å²) in [6.07, 6.45) is 0. The molecule has 0 heterocycles. The average molecular weight is 375 g/mol. The van der Waals surface area contributed by atoms with Crippen molar-refractivity contribution in [1.82, 2.24) is 15.5 Å². The van der Waals surface area contributed by atoms with Crippen LogP contribution in [0.3, 0.4) is 0 Å². The van der Waals surface area contributed by atoms with Gasteiger partial charge in [-0.2, -0.15) is 0 Å². The highest BCUT2D eigenvalue weighted by molar-refractivity contribution is 6.30. The number of anilines is 1. The van der Waals surface area contributed by atoms with Crippen LogP contribution >= 0.6 is 11.6 Å². The maximum Gasteiger partial charge on any atom is 0.315 e. The van der Waals surface area contributed by atoms with Gasteiger partial charge in [-0.25, -0.2) is 4.79 Å². The quantitative estimate of drug-likeness (QED) is 0.779. The molecule has 6 heteroatoms. The van der Waals surface area contributed by atoms with Gasteiger partial charge in [-0.05, 0) is 49.5 Å². The van der Waals surface area contributed by atoms with E-state index in [1.54, 1.807) is 0 Å². The van der Waals surface area contributed by atoms with Crippen molar-refractivity contribution >= 4 is 23.3 Å². The second kappa shape index (κ2) is 9.46. The Kier molecular flexibility index (Phi) is 7.30. The van der Waals surface area contributed by atoms with Gasteiger partial charge in [-0.3, -0.25) is 0 Å². The smallest absolute Gasteiger partial charge is 0.315 e. The van der Waals surface area contributed by atoms with Gasteiger partial charge in [0.15, 0.2) is 0 Å². The van der Waals surface area contributed by atoms with E-state index < -0.39 is 0 Å². The molecule has 1 atom stereocenters. The summed E-state index contributed by atoms with van der Waals surface area (Å²) in [6, 6.07) is 15.7. The van der Waals surface area contributed by atoms with Gasteiger partial charge >= 0.3 is 6.03 Å². The number of benzene rings is 2. The molecule has 2 N–H and O–H groups in total. The Bertz CT molecular complexity index is 699. The molecule has 2 rings (SSSR count). The molecular weight excluding hydrogens is 348 g/mol. The number of nitrogens with zero attached hydrogens (tertiary/aromatic N) is 2. The van der Waals surface area contributed by atoms with E-state index in [2.05, 4.69) is 44.7 Å². The van der Waals surface area contributed by atoms with Gasteiger partial charge in [-0.15, -0.1) is 0 Å². The Hall–Kier alpha value is -2.24. The lowest BCUT2D eigenvalue weighted by molar-refractivity contribution is 0.232. The van der Waals surface area contributed by atoms with E-state index in [1.165, 1.54) is 5.56 Å². The third kappa shape index (κ3) is 5.93. The first kappa shape index (κ1) is 20.1. The molecule has 2 aromatic carbocycles. The van der Waals surface area contributed by atoms with Crippen LogP contribution in [0.5, 0.6) is 0 Å². The molecule has 0 fully saturated rings. The number of likely N-dealkylation sites (N-methyl/N-ethyl adjacent to an activating group) is 1. The zero-order chi connectivity index (χ0) is 19.1. The number of amides is 2. The lowest BCUT2D eigenvalue weighted by Gasteiger charge is -2.26. The van der Waals surface area contributed by atoms with Crippen LogP contribution in [0.4, 0.5) is 10.5 Å². The summed E-state index contributed by atoms with van der Waals surface area (Å²) in [6.45, 7) is 0.994. The van der Waals surface area contributed by atoms with Gasteiger partial charge < -0.3 is 20.4 Å². The first-order valence-electron chi connectivity index (χ1n) is 8.56. The minimum Gasteiger partial charge on any atom is -0.378 e. The van der Waals surface area contributed by atoms with Crippen molar-refractivity contribution in [2.24, 2.45) is 0 Å². The number of rotatable bonds is 7. The maximum absolute atomic E-state index is 12.1. The maximum atomic E-state index is 12.1. The van der Waals surface area contributed by atoms with E-state index in [-0.39, 0.29) is 12.1 Å². The summed E-state index contributed by atoms with van der Waals surface area (Å²) >= 11 is 5.87. The summed E-state index contributed by atoms with van der Waals surface area (Å²) < 4.78 is 0. The lowest BCUT2D eigenvalue weighted by atomic mass is 10.1. The van der Waals surface area contributed by atoms with Crippen molar-refractivity contribution in [2.75, 3.05) is 39.6 Å². The molecule has 5 nitrogen and oxygen atoms in total. The van der Waals surface area contributed by atoms with Gasteiger partial charge in [0.2, 0.25) is 0 Å². The Labute approximate surface area is 160 Å². The number of urea groups is 1. The highest BCUT2D eigenvalue weighted by atomic mass is 35.5. The van der Waals surface area contributed by atoms with E-state index in [0.717, 1.165) is 11.3 Å². The van der Waals surface area contributed by atoms with Crippen LogP contribution in [0.1, 0.15) is 17.2 Å². The Balaban J connectivity index is 1.89. The molecule has 0 saturated heterocycles. The van der Waals surface area contributed by atoms with Crippen LogP contribution in [0, 0.1) is 0 Å². The Morgan fingerprint density at radius 3 is 2.12 bits per heavy atom. The van der Waals surface area contributed by atoms with Crippen LogP contribution in [0.15, 0.2) is 48.5 Å². The number of hydrogen-bond donors (Lipinski definition) is 2. The second-order valence-corrected chi connectivity index (χ2v) is 7.09. The fraction of sp³-hybridized carbons (Fsp3) is 0.350. The zero-order valence-electron chi connectivity index (χ0n) is 15.8. The fourth-order valence-corrected chi connectivity index (χ4v) is 2.76. The van der Waals surface area contributed by atoms with Crippen molar-refractivity contribution in [1.29, 1.82) is 0 Å². The fourth-order valence-electron chi connectivity index (χ4n) is 2.63. The standard InChI is InChI=1S/C20H27ClN4O/c1-24(2)18-11-7-16(8-12-18)19(25(3)4)14-23-20(26)22-13-15-5-9-17(21)10-6-15/h5-12,19H,13-14H2,1-4H3,(H2,22,23,26). The molecule has 0 saturated carbocycles. The molecule has 1 unspecified atom stereocenters. The highest BCUT2D eigenvalue weighted by Crippen LogP contribution is 2.20. The largest absolute Gasteiger partial charge is 0.378 e. The van der Waals surface area contributed by atoms with E-state index in [1.807, 2.05) is 52.5 Å². The zero-order valence-corrected chi connectivity index (χ0v) is 16.5. The molecular formula is C20H27ClN4O. The van der Waals surface area contributed by atoms with Gasteiger partial charge in [0.1, 0.15) is 0 Å². The minimum absolute atomic E-state index is 0.104. The van der Waals surface area contributed by atoms with Gasteiger partial charge in [0.05, 0.1) is 6.04 Å². The lowest BCUT2D eigenvalue weighted by Crippen LogP contribution is -2.40. The summed E-state index contributed by atoms with van der Waals surface area (Å²) in [7, 11) is 8.06. The van der Waals surface area contributed by atoms with E-state index in [0.29, 0.717) is 18.1 Å². The first-order valence-corrected chi connectivity index (χ1v) is 8.94. The van der Waals surface area contributed by atoms with Crippen LogP contribution in [-0.2, 0) is 6.54 Å². The molecule has 0 aliphatic heterocycles. The van der Waals surface area contributed by atoms with E-state index in [4.69, 9.17) is 11.6 Å². The molecule has 0 radical (unpaired) electrons. The van der Waals surface area contributed by atoms with Crippen LogP contribution in [-0.4, -0.2) is 45.7 Å². The predicted octanol–water partition coefficient (Wildman–Crippen LogP) is 3.51. The Morgan fingerprint density at radius 1 is 0.962 bits per heavy atom. The molecule has 0 spiro atoms. The molecule has 0 aliphatic rings. The minimum atomic E-state index is -0.184. The van der Waals surface area contributed by atoms with Crippen LogP contribution in [0.2, 0.25) is 5.02 Å². The summed E-state index contributed by atoms with van der Waals surface area (Å²) in [5.74, 6) is 0. The highest BCUT2D eigenvalue weighted by Gasteiger charge is 2.15. The summed E-state index contributed by atoms with van der Waals surface area (Å²) in [5.41, 5.74) is 3.33. The SMILES string of the molecule is CN(C)c1ccc(C(CNC(=O)NCc2ccc(Cl)cc2)N(C)C)cc1. The molecule has 2 aromatic rings. The summed E-state index contributed by atoms with van der Waals surface area (Å²) in [5, 5.41) is 6.51. The average Bonchev–Trinajstić information content (AvgIpc) is 2.61.